The van der Waals surface area contributed by atoms with Crippen LogP contribution < -0.4 is 10.0 Å². The van der Waals surface area contributed by atoms with Gasteiger partial charge in [-0.3, -0.25) is 10.1 Å². The van der Waals surface area contributed by atoms with Gasteiger partial charge in [-0.15, -0.1) is 11.3 Å². The van der Waals surface area contributed by atoms with E-state index in [0.29, 0.717) is 15.4 Å². The number of benzene rings is 1. The summed E-state index contributed by atoms with van der Waals surface area (Å²) < 4.78 is 0.596. The van der Waals surface area contributed by atoms with Crippen LogP contribution in [0.4, 0.5) is 5.13 Å². The maximum Gasteiger partial charge on any atom is 0.263 e. The Kier molecular flexibility index (Phi) is 4.55. The van der Waals surface area contributed by atoms with E-state index in [0.717, 1.165) is 11.3 Å². The number of nitrogens with one attached hydrogen (secondary N) is 1. The van der Waals surface area contributed by atoms with Gasteiger partial charge >= 0.3 is 0 Å². The molecule has 0 aliphatic heterocycles. The highest BCUT2D eigenvalue weighted by atomic mass is 32.1. The Hall–Kier alpha value is -2.73. The first-order valence-electron chi connectivity index (χ1n) is 7.89. The zero-order chi connectivity index (χ0) is 18.0. The zero-order valence-corrected chi connectivity index (χ0v) is 15.1. The second-order valence-corrected chi connectivity index (χ2v) is 7.63. The number of carbonyl (C=O) groups is 1. The highest BCUT2D eigenvalue weighted by Crippen LogP contribution is 2.28. The molecule has 0 fully saturated rings. The Morgan fingerprint density at radius 3 is 2.56 bits per heavy atom. The highest BCUT2D eigenvalue weighted by Gasteiger charge is 2.15. The minimum Gasteiger partial charge on any atom is -0.619 e. The van der Waals surface area contributed by atoms with Gasteiger partial charge in [0, 0.05) is 17.0 Å². The first kappa shape index (κ1) is 17.1. The third-order valence-corrected chi connectivity index (χ3v) is 4.57. The number of thiazole rings is 1. The van der Waals surface area contributed by atoms with Crippen LogP contribution in [-0.4, -0.2) is 10.9 Å². The van der Waals surface area contributed by atoms with Gasteiger partial charge in [0.1, 0.15) is 5.56 Å². The van der Waals surface area contributed by atoms with Crippen LogP contribution in [-0.2, 0) is 5.41 Å². The Bertz CT molecular complexity index is 896. The largest absolute Gasteiger partial charge is 0.619 e. The van der Waals surface area contributed by atoms with E-state index in [2.05, 4.69) is 43.2 Å². The predicted molar refractivity (Wildman–Crippen MR) is 99.6 cm³/mol. The molecule has 0 saturated carbocycles. The fourth-order valence-electron chi connectivity index (χ4n) is 2.36. The van der Waals surface area contributed by atoms with Crippen molar-refractivity contribution in [3.8, 4) is 11.3 Å². The highest BCUT2D eigenvalue weighted by molar-refractivity contribution is 7.14. The third kappa shape index (κ3) is 4.03. The molecule has 1 amide bonds. The van der Waals surface area contributed by atoms with Crippen LogP contribution in [0.25, 0.3) is 11.3 Å². The normalized spacial score (nSPS) is 11.3. The maximum atomic E-state index is 12.2. The van der Waals surface area contributed by atoms with E-state index in [-0.39, 0.29) is 11.3 Å². The third-order valence-electron chi connectivity index (χ3n) is 3.81. The van der Waals surface area contributed by atoms with E-state index >= 15 is 0 Å². The molecule has 0 bridgehead atoms. The topological polar surface area (TPSA) is 68.9 Å². The average Bonchev–Trinajstić information content (AvgIpc) is 3.02. The Morgan fingerprint density at radius 1 is 1.20 bits per heavy atom. The SMILES string of the molecule is CC(C)(C)c1ccc(-c2csc(NC(=O)c3ccc[n+]([O-])c3)n2)cc1. The van der Waals surface area contributed by atoms with Crippen LogP contribution >= 0.6 is 11.3 Å². The Labute approximate surface area is 150 Å². The molecule has 3 aromatic rings. The van der Waals surface area contributed by atoms with Crippen LogP contribution in [0, 0.1) is 5.21 Å². The second kappa shape index (κ2) is 6.64. The summed E-state index contributed by atoms with van der Waals surface area (Å²) in [5.74, 6) is -0.353. The van der Waals surface area contributed by atoms with E-state index < -0.39 is 0 Å². The van der Waals surface area contributed by atoms with Crippen molar-refractivity contribution in [3.63, 3.8) is 0 Å². The van der Waals surface area contributed by atoms with E-state index in [1.807, 2.05) is 17.5 Å². The number of aromatic nitrogens is 2. The number of carbonyl (C=O) groups excluding carboxylic acids is 1. The van der Waals surface area contributed by atoms with Gasteiger partial charge in [-0.1, -0.05) is 45.0 Å². The number of rotatable bonds is 3. The molecule has 3 rings (SSSR count). The standard InChI is InChI=1S/C19H19N3O2S/c1-19(2,3)15-8-6-13(7-9-15)16-12-25-18(20-16)21-17(23)14-5-4-10-22(24)11-14/h4-12H,1-3H3,(H,20,21,23). The number of anilines is 1. The van der Waals surface area contributed by atoms with Gasteiger partial charge in [0.25, 0.3) is 5.91 Å². The Morgan fingerprint density at radius 2 is 1.92 bits per heavy atom. The molecular weight excluding hydrogens is 334 g/mol. The van der Waals surface area contributed by atoms with Gasteiger partial charge in [-0.25, -0.2) is 4.98 Å². The van der Waals surface area contributed by atoms with Crippen LogP contribution in [0.5, 0.6) is 0 Å². The number of hydrogen-bond donors (Lipinski definition) is 1. The van der Waals surface area contributed by atoms with Crippen molar-refractivity contribution in [3.05, 3.63) is 70.5 Å². The quantitative estimate of drug-likeness (QED) is 0.572. The molecular formula is C19H19N3O2S. The summed E-state index contributed by atoms with van der Waals surface area (Å²) in [6.45, 7) is 6.52. The molecule has 1 aromatic carbocycles. The molecule has 5 nitrogen and oxygen atoms in total. The van der Waals surface area contributed by atoms with Crippen molar-refractivity contribution < 1.29 is 9.52 Å². The Balaban J connectivity index is 1.75. The molecule has 0 atom stereocenters. The fraction of sp³-hybridized carbons (Fsp3) is 0.211. The smallest absolute Gasteiger partial charge is 0.263 e. The molecule has 0 aliphatic carbocycles. The van der Waals surface area contributed by atoms with Crippen LogP contribution in [0.1, 0.15) is 36.7 Å². The van der Waals surface area contributed by atoms with Gasteiger partial charge in [-0.2, -0.15) is 4.73 Å². The lowest BCUT2D eigenvalue weighted by Crippen LogP contribution is -2.27. The predicted octanol–water partition coefficient (Wildman–Crippen LogP) is 3.99. The molecule has 1 N–H and O–H groups in total. The van der Waals surface area contributed by atoms with E-state index in [1.165, 1.54) is 35.4 Å². The molecule has 25 heavy (non-hydrogen) atoms. The fourth-order valence-corrected chi connectivity index (χ4v) is 3.08. The number of nitrogens with zero attached hydrogens (tertiary/aromatic N) is 2. The minimum absolute atomic E-state index is 0.105. The van der Waals surface area contributed by atoms with Crippen molar-refractivity contribution in [1.29, 1.82) is 0 Å². The lowest BCUT2D eigenvalue weighted by molar-refractivity contribution is -0.605. The van der Waals surface area contributed by atoms with Gasteiger partial charge in [0.05, 0.1) is 5.69 Å². The average molecular weight is 353 g/mol. The van der Waals surface area contributed by atoms with Crippen LogP contribution in [0.15, 0.2) is 54.2 Å². The van der Waals surface area contributed by atoms with E-state index in [4.69, 9.17) is 0 Å². The summed E-state index contributed by atoms with van der Waals surface area (Å²) in [5.41, 5.74) is 3.47. The number of hydrogen-bond acceptors (Lipinski definition) is 4. The summed E-state index contributed by atoms with van der Waals surface area (Å²) >= 11 is 1.35. The van der Waals surface area contributed by atoms with Crippen molar-refractivity contribution in [2.24, 2.45) is 0 Å². The lowest BCUT2D eigenvalue weighted by Gasteiger charge is -2.18. The van der Waals surface area contributed by atoms with Crippen molar-refractivity contribution >= 4 is 22.4 Å². The van der Waals surface area contributed by atoms with Crippen molar-refractivity contribution in [2.75, 3.05) is 5.32 Å². The molecule has 0 radical (unpaired) electrons. The number of pyridine rings is 1. The summed E-state index contributed by atoms with van der Waals surface area (Å²) in [4.78, 5) is 16.6. The van der Waals surface area contributed by atoms with Gasteiger partial charge in [0.15, 0.2) is 17.5 Å². The molecule has 2 heterocycles. The molecule has 0 unspecified atom stereocenters. The first-order chi connectivity index (χ1) is 11.8. The lowest BCUT2D eigenvalue weighted by atomic mass is 9.86. The first-order valence-corrected chi connectivity index (χ1v) is 8.77. The van der Waals surface area contributed by atoms with Gasteiger partial charge < -0.3 is 5.21 Å². The summed E-state index contributed by atoms with van der Waals surface area (Å²) in [5, 5.41) is 16.4. The van der Waals surface area contributed by atoms with E-state index in [9.17, 15) is 10.0 Å². The second-order valence-electron chi connectivity index (χ2n) is 6.77. The van der Waals surface area contributed by atoms with Crippen molar-refractivity contribution in [2.45, 2.75) is 26.2 Å². The number of amides is 1. The maximum absolute atomic E-state index is 12.2. The van der Waals surface area contributed by atoms with Gasteiger partial charge in [0.2, 0.25) is 0 Å². The monoisotopic (exact) mass is 353 g/mol. The summed E-state index contributed by atoms with van der Waals surface area (Å²) in [7, 11) is 0. The van der Waals surface area contributed by atoms with Crippen LogP contribution in [0.2, 0.25) is 0 Å². The molecule has 0 saturated heterocycles. The summed E-state index contributed by atoms with van der Waals surface area (Å²) in [6, 6.07) is 11.4. The minimum atomic E-state index is -0.353. The van der Waals surface area contributed by atoms with Crippen LogP contribution in [0.3, 0.4) is 0 Å². The molecule has 2 aromatic heterocycles. The molecule has 128 valence electrons. The molecule has 0 aliphatic rings. The molecule has 0 spiro atoms. The summed E-state index contributed by atoms with van der Waals surface area (Å²) in [6.07, 6.45) is 2.56. The van der Waals surface area contributed by atoms with Crippen molar-refractivity contribution in [1.82, 2.24) is 4.98 Å². The van der Waals surface area contributed by atoms with E-state index in [1.54, 1.807) is 6.07 Å². The zero-order valence-electron chi connectivity index (χ0n) is 14.3. The van der Waals surface area contributed by atoms with Gasteiger partial charge in [-0.05, 0) is 17.0 Å². The molecule has 6 heteroatoms.